The first-order valence-corrected chi connectivity index (χ1v) is 6.55. The van der Waals surface area contributed by atoms with Crippen molar-refractivity contribution in [3.8, 4) is 0 Å². The van der Waals surface area contributed by atoms with E-state index < -0.39 is 0 Å². The smallest absolute Gasteiger partial charge is 0.274 e. The van der Waals surface area contributed by atoms with E-state index in [1.165, 1.54) is 10.9 Å². The van der Waals surface area contributed by atoms with E-state index in [0.717, 1.165) is 15.9 Å². The summed E-state index contributed by atoms with van der Waals surface area (Å²) < 4.78 is 3.95. The zero-order chi connectivity index (χ0) is 13.4. The highest BCUT2D eigenvalue weighted by atomic mass is 79.9. The average Bonchev–Trinajstić information content (AvgIpc) is 2.56. The predicted octanol–water partition coefficient (Wildman–Crippen LogP) is 2.40. The van der Waals surface area contributed by atoms with Crippen molar-refractivity contribution in [3.05, 3.63) is 42.7 Å². The van der Waals surface area contributed by atoms with E-state index in [1.54, 1.807) is 4.68 Å². The van der Waals surface area contributed by atoms with Gasteiger partial charge in [-0.1, -0.05) is 23.2 Å². The minimum Gasteiger partial charge on any atom is -0.292 e. The SMILES string of the molecule is Cc1nn(C)c(Cn2cnc(Cl)c(Cl)c2=O)c1Br. The molecule has 18 heavy (non-hydrogen) atoms. The van der Waals surface area contributed by atoms with E-state index in [0.29, 0.717) is 6.54 Å². The first kappa shape index (κ1) is 13.6. The van der Waals surface area contributed by atoms with Crippen LogP contribution in [0.15, 0.2) is 15.6 Å². The van der Waals surface area contributed by atoms with Gasteiger partial charge in [0.05, 0.1) is 28.7 Å². The molecule has 2 aromatic heterocycles. The molecule has 5 nitrogen and oxygen atoms in total. The molecule has 0 saturated heterocycles. The van der Waals surface area contributed by atoms with Gasteiger partial charge in [-0.15, -0.1) is 0 Å². The summed E-state index contributed by atoms with van der Waals surface area (Å²) in [7, 11) is 1.81. The second kappa shape index (κ2) is 5.03. The molecule has 0 aromatic carbocycles. The highest BCUT2D eigenvalue weighted by Crippen LogP contribution is 2.21. The van der Waals surface area contributed by atoms with Crippen molar-refractivity contribution in [2.75, 3.05) is 0 Å². The number of aryl methyl sites for hydroxylation is 2. The molecular weight excluding hydrogens is 343 g/mol. The van der Waals surface area contributed by atoms with Crippen LogP contribution < -0.4 is 5.56 Å². The maximum Gasteiger partial charge on any atom is 0.274 e. The minimum absolute atomic E-state index is 0.0122. The normalized spacial score (nSPS) is 10.9. The van der Waals surface area contributed by atoms with Gasteiger partial charge in [0.25, 0.3) is 5.56 Å². The molecule has 0 aliphatic heterocycles. The standard InChI is InChI=1S/C10H9BrCl2N4O/c1-5-7(11)6(16(2)15-5)3-17-4-14-9(13)8(12)10(17)18/h4H,3H2,1-2H3. The quantitative estimate of drug-likeness (QED) is 0.780. The van der Waals surface area contributed by atoms with Crippen molar-refractivity contribution >= 4 is 39.1 Å². The summed E-state index contributed by atoms with van der Waals surface area (Å²) in [4.78, 5) is 15.7. The Morgan fingerprint density at radius 2 is 2.11 bits per heavy atom. The topological polar surface area (TPSA) is 52.7 Å². The Morgan fingerprint density at radius 1 is 1.44 bits per heavy atom. The summed E-state index contributed by atoms with van der Waals surface area (Å²) in [6.07, 6.45) is 1.37. The number of nitrogens with zero attached hydrogens (tertiary/aromatic N) is 4. The Morgan fingerprint density at radius 3 is 2.67 bits per heavy atom. The Kier molecular flexibility index (Phi) is 3.79. The van der Waals surface area contributed by atoms with Gasteiger partial charge in [-0.3, -0.25) is 14.0 Å². The van der Waals surface area contributed by atoms with E-state index in [1.807, 2.05) is 14.0 Å². The monoisotopic (exact) mass is 350 g/mol. The van der Waals surface area contributed by atoms with Crippen LogP contribution in [0.25, 0.3) is 0 Å². The second-order valence-electron chi connectivity index (χ2n) is 3.75. The van der Waals surface area contributed by atoms with Crippen LogP contribution in [0.2, 0.25) is 10.2 Å². The molecule has 0 N–H and O–H groups in total. The molecule has 0 radical (unpaired) electrons. The van der Waals surface area contributed by atoms with Gasteiger partial charge in [0.1, 0.15) is 5.02 Å². The summed E-state index contributed by atoms with van der Waals surface area (Å²) in [5.74, 6) is 0. The molecule has 0 fully saturated rings. The third kappa shape index (κ3) is 2.32. The van der Waals surface area contributed by atoms with Gasteiger partial charge >= 0.3 is 0 Å². The van der Waals surface area contributed by atoms with Crippen molar-refractivity contribution in [2.45, 2.75) is 13.5 Å². The highest BCUT2D eigenvalue weighted by Gasteiger charge is 2.13. The van der Waals surface area contributed by atoms with Gasteiger partial charge < -0.3 is 0 Å². The Hall–Kier alpha value is -0.850. The van der Waals surface area contributed by atoms with Crippen molar-refractivity contribution in [1.29, 1.82) is 0 Å². The molecule has 0 aliphatic carbocycles. The summed E-state index contributed by atoms with van der Waals surface area (Å²) in [5, 5.41) is 4.19. The largest absolute Gasteiger partial charge is 0.292 e. The van der Waals surface area contributed by atoms with Gasteiger partial charge in [-0.05, 0) is 22.9 Å². The van der Waals surface area contributed by atoms with Crippen LogP contribution in [0, 0.1) is 6.92 Å². The Labute approximate surface area is 121 Å². The lowest BCUT2D eigenvalue weighted by Gasteiger charge is -2.07. The van der Waals surface area contributed by atoms with E-state index in [-0.39, 0.29) is 15.7 Å². The van der Waals surface area contributed by atoms with Gasteiger partial charge in [-0.2, -0.15) is 5.10 Å². The molecule has 2 aromatic rings. The number of halogens is 3. The van der Waals surface area contributed by atoms with Crippen molar-refractivity contribution < 1.29 is 0 Å². The van der Waals surface area contributed by atoms with Crippen LogP contribution in [0.3, 0.4) is 0 Å². The van der Waals surface area contributed by atoms with Crippen LogP contribution in [0.4, 0.5) is 0 Å². The zero-order valence-electron chi connectivity index (χ0n) is 9.62. The van der Waals surface area contributed by atoms with E-state index >= 15 is 0 Å². The highest BCUT2D eigenvalue weighted by molar-refractivity contribution is 9.10. The van der Waals surface area contributed by atoms with Gasteiger partial charge in [0.2, 0.25) is 0 Å². The molecule has 0 bridgehead atoms. The lowest BCUT2D eigenvalue weighted by atomic mass is 10.3. The molecular formula is C10H9BrCl2N4O. The van der Waals surface area contributed by atoms with Crippen molar-refractivity contribution in [1.82, 2.24) is 19.3 Å². The molecule has 0 amide bonds. The summed E-state index contributed by atoms with van der Waals surface area (Å²) in [6, 6.07) is 0. The third-order valence-electron chi connectivity index (χ3n) is 2.52. The van der Waals surface area contributed by atoms with Crippen LogP contribution in [-0.2, 0) is 13.6 Å². The predicted molar refractivity (Wildman–Crippen MR) is 73.3 cm³/mol. The molecule has 0 saturated carbocycles. The first-order valence-electron chi connectivity index (χ1n) is 5.00. The number of rotatable bonds is 2. The third-order valence-corrected chi connectivity index (χ3v) is 4.28. The fourth-order valence-corrected chi connectivity index (χ4v) is 2.31. The molecule has 2 rings (SSSR count). The summed E-state index contributed by atoms with van der Waals surface area (Å²) in [5.41, 5.74) is 1.34. The maximum absolute atomic E-state index is 11.9. The molecule has 0 spiro atoms. The fraction of sp³-hybridized carbons (Fsp3) is 0.300. The Bertz CT molecular complexity index is 665. The second-order valence-corrected chi connectivity index (χ2v) is 5.28. The minimum atomic E-state index is -0.373. The first-order chi connectivity index (χ1) is 8.41. The lowest BCUT2D eigenvalue weighted by Crippen LogP contribution is -2.22. The average molecular weight is 352 g/mol. The van der Waals surface area contributed by atoms with Gasteiger partial charge in [0.15, 0.2) is 5.15 Å². The Balaban J connectivity index is 2.47. The van der Waals surface area contributed by atoms with Crippen molar-refractivity contribution in [3.63, 3.8) is 0 Å². The summed E-state index contributed by atoms with van der Waals surface area (Å²) >= 11 is 14.9. The van der Waals surface area contributed by atoms with Crippen LogP contribution in [-0.4, -0.2) is 19.3 Å². The van der Waals surface area contributed by atoms with Gasteiger partial charge in [0, 0.05) is 7.05 Å². The van der Waals surface area contributed by atoms with E-state index in [4.69, 9.17) is 23.2 Å². The fourth-order valence-electron chi connectivity index (χ4n) is 1.57. The van der Waals surface area contributed by atoms with E-state index in [9.17, 15) is 4.79 Å². The molecule has 8 heteroatoms. The summed E-state index contributed by atoms with van der Waals surface area (Å²) in [6.45, 7) is 2.20. The van der Waals surface area contributed by atoms with Crippen LogP contribution in [0.5, 0.6) is 0 Å². The number of aromatic nitrogens is 4. The lowest BCUT2D eigenvalue weighted by molar-refractivity contribution is 0.642. The molecule has 0 aliphatic rings. The molecule has 96 valence electrons. The van der Waals surface area contributed by atoms with Crippen LogP contribution in [0.1, 0.15) is 11.4 Å². The number of hydrogen-bond donors (Lipinski definition) is 0. The van der Waals surface area contributed by atoms with Crippen LogP contribution >= 0.6 is 39.1 Å². The maximum atomic E-state index is 11.9. The number of hydrogen-bond acceptors (Lipinski definition) is 3. The van der Waals surface area contributed by atoms with Gasteiger partial charge in [-0.25, -0.2) is 4.98 Å². The zero-order valence-corrected chi connectivity index (χ0v) is 12.7. The molecule has 0 atom stereocenters. The van der Waals surface area contributed by atoms with E-state index in [2.05, 4.69) is 26.0 Å². The molecule has 2 heterocycles. The molecule has 0 unspecified atom stereocenters. The van der Waals surface area contributed by atoms with Crippen molar-refractivity contribution in [2.24, 2.45) is 7.05 Å².